The van der Waals surface area contributed by atoms with E-state index in [-0.39, 0.29) is 17.7 Å². The van der Waals surface area contributed by atoms with Crippen LogP contribution in [0.25, 0.3) is 0 Å². The maximum absolute atomic E-state index is 13.9. The monoisotopic (exact) mass is 429 g/mol. The van der Waals surface area contributed by atoms with Gasteiger partial charge in [-0.1, -0.05) is 53.5 Å². The summed E-state index contributed by atoms with van der Waals surface area (Å²) in [5.41, 5.74) is -0.325. The van der Waals surface area contributed by atoms with Crippen molar-refractivity contribution in [3.8, 4) is 11.8 Å². The maximum Gasteiger partial charge on any atom is 0.144 e. The van der Waals surface area contributed by atoms with Gasteiger partial charge >= 0.3 is 0 Å². The normalized spacial score (nSPS) is 12.3. The standard InChI is InChI=1S/C23H18Cl2FNO2/c1-15(29-22-4-2-3-21(26)20(22)14-27)13-23(28,16-5-9-18(24)10-6-16)17-7-11-19(25)12-8-17/h2-12,15,28H,13H2,1H3. The van der Waals surface area contributed by atoms with Crippen molar-refractivity contribution in [3.05, 3.63) is 99.3 Å². The molecule has 0 aliphatic heterocycles. The number of aliphatic hydroxyl groups is 1. The van der Waals surface area contributed by atoms with E-state index in [4.69, 9.17) is 27.9 Å². The van der Waals surface area contributed by atoms with Crippen LogP contribution in [0.15, 0.2) is 66.7 Å². The highest BCUT2D eigenvalue weighted by atomic mass is 35.5. The van der Waals surface area contributed by atoms with Crippen LogP contribution < -0.4 is 4.74 Å². The summed E-state index contributed by atoms with van der Waals surface area (Å²) >= 11 is 12.0. The van der Waals surface area contributed by atoms with Crippen LogP contribution in [-0.4, -0.2) is 11.2 Å². The van der Waals surface area contributed by atoms with Crippen LogP contribution >= 0.6 is 23.2 Å². The lowest BCUT2D eigenvalue weighted by atomic mass is 9.82. The molecule has 0 fully saturated rings. The fraction of sp³-hybridized carbons (Fsp3) is 0.174. The van der Waals surface area contributed by atoms with Crippen molar-refractivity contribution >= 4 is 23.2 Å². The molecule has 0 radical (unpaired) electrons. The lowest BCUT2D eigenvalue weighted by Crippen LogP contribution is -2.33. The third-order valence-corrected chi connectivity index (χ3v) is 5.15. The Bertz CT molecular complexity index is 985. The Hall–Kier alpha value is -2.58. The van der Waals surface area contributed by atoms with Gasteiger partial charge in [-0.05, 0) is 54.4 Å². The molecule has 0 heterocycles. The molecule has 6 heteroatoms. The average molecular weight is 430 g/mol. The molecule has 3 aromatic rings. The third kappa shape index (κ3) is 4.71. The predicted octanol–water partition coefficient (Wildman–Crippen LogP) is 6.10. The molecular formula is C23H18Cl2FNO2. The third-order valence-electron chi connectivity index (χ3n) is 4.64. The fourth-order valence-corrected chi connectivity index (χ4v) is 3.49. The minimum Gasteiger partial charge on any atom is -0.489 e. The second kappa shape index (κ2) is 8.84. The molecule has 1 N–H and O–H groups in total. The number of hydrogen-bond acceptors (Lipinski definition) is 3. The Kier molecular flexibility index (Phi) is 6.44. The first-order valence-electron chi connectivity index (χ1n) is 8.93. The lowest BCUT2D eigenvalue weighted by Gasteiger charge is -2.32. The van der Waals surface area contributed by atoms with Crippen LogP contribution in [0.3, 0.4) is 0 Å². The van der Waals surface area contributed by atoms with E-state index in [1.165, 1.54) is 18.2 Å². The number of rotatable bonds is 6. The SMILES string of the molecule is CC(CC(O)(c1ccc(Cl)cc1)c1ccc(Cl)cc1)Oc1cccc(F)c1C#N. The van der Waals surface area contributed by atoms with Crippen molar-refractivity contribution in [3.63, 3.8) is 0 Å². The van der Waals surface area contributed by atoms with Gasteiger partial charge in [-0.25, -0.2) is 4.39 Å². The zero-order chi connectivity index (χ0) is 21.0. The van der Waals surface area contributed by atoms with E-state index in [0.717, 1.165) is 0 Å². The Morgan fingerprint density at radius 3 is 2.00 bits per heavy atom. The largest absolute Gasteiger partial charge is 0.489 e. The van der Waals surface area contributed by atoms with Crippen molar-refractivity contribution in [2.45, 2.75) is 25.0 Å². The first-order valence-corrected chi connectivity index (χ1v) is 9.69. The van der Waals surface area contributed by atoms with E-state index in [0.29, 0.717) is 21.2 Å². The summed E-state index contributed by atoms with van der Waals surface area (Å²) in [6.07, 6.45) is -0.391. The lowest BCUT2D eigenvalue weighted by molar-refractivity contribution is 0.0313. The van der Waals surface area contributed by atoms with E-state index < -0.39 is 17.5 Å². The molecule has 1 unspecified atom stereocenters. The summed E-state index contributed by atoms with van der Waals surface area (Å²) in [5, 5.41) is 22.0. The van der Waals surface area contributed by atoms with Crippen molar-refractivity contribution < 1.29 is 14.2 Å². The molecule has 3 nitrogen and oxygen atoms in total. The molecule has 3 aromatic carbocycles. The number of nitriles is 1. The smallest absolute Gasteiger partial charge is 0.144 e. The molecule has 0 spiro atoms. The van der Waals surface area contributed by atoms with E-state index in [9.17, 15) is 14.8 Å². The van der Waals surface area contributed by atoms with Crippen molar-refractivity contribution in [1.82, 2.24) is 0 Å². The van der Waals surface area contributed by atoms with Crippen LogP contribution in [-0.2, 0) is 5.60 Å². The van der Waals surface area contributed by atoms with Crippen LogP contribution in [0.4, 0.5) is 4.39 Å². The highest BCUT2D eigenvalue weighted by molar-refractivity contribution is 6.30. The predicted molar refractivity (Wildman–Crippen MR) is 112 cm³/mol. The van der Waals surface area contributed by atoms with Crippen LogP contribution in [0.5, 0.6) is 5.75 Å². The van der Waals surface area contributed by atoms with Gasteiger partial charge in [-0.15, -0.1) is 0 Å². The average Bonchev–Trinajstić information content (AvgIpc) is 2.69. The van der Waals surface area contributed by atoms with E-state index in [1.54, 1.807) is 55.5 Å². The Morgan fingerprint density at radius 1 is 1.00 bits per heavy atom. The van der Waals surface area contributed by atoms with Crippen molar-refractivity contribution in [1.29, 1.82) is 5.26 Å². The Morgan fingerprint density at radius 2 is 1.52 bits per heavy atom. The highest BCUT2D eigenvalue weighted by Crippen LogP contribution is 2.36. The summed E-state index contributed by atoms with van der Waals surface area (Å²) < 4.78 is 19.7. The number of nitrogens with zero attached hydrogens (tertiary/aromatic N) is 1. The molecule has 0 aliphatic carbocycles. The van der Waals surface area contributed by atoms with Crippen molar-refractivity contribution in [2.24, 2.45) is 0 Å². The number of hydrogen-bond donors (Lipinski definition) is 1. The zero-order valence-electron chi connectivity index (χ0n) is 15.6. The van der Waals surface area contributed by atoms with Gasteiger partial charge in [0.15, 0.2) is 0 Å². The van der Waals surface area contributed by atoms with Crippen LogP contribution in [0, 0.1) is 17.1 Å². The topological polar surface area (TPSA) is 53.2 Å². The molecule has 0 aromatic heterocycles. The first kappa shape index (κ1) is 21.1. The molecule has 0 bridgehead atoms. The van der Waals surface area contributed by atoms with Gasteiger partial charge in [-0.3, -0.25) is 0 Å². The summed E-state index contributed by atoms with van der Waals surface area (Å²) in [5.74, 6) is -0.516. The molecule has 29 heavy (non-hydrogen) atoms. The first-order chi connectivity index (χ1) is 13.8. The molecule has 148 valence electrons. The quantitative estimate of drug-likeness (QED) is 0.514. The molecular weight excluding hydrogens is 412 g/mol. The van der Waals surface area contributed by atoms with E-state index in [2.05, 4.69) is 0 Å². The summed E-state index contributed by atoms with van der Waals surface area (Å²) in [6, 6.07) is 19.8. The minimum atomic E-state index is -1.41. The summed E-state index contributed by atoms with van der Waals surface area (Å²) in [6.45, 7) is 1.75. The second-order valence-electron chi connectivity index (χ2n) is 6.73. The van der Waals surface area contributed by atoms with Gasteiger partial charge < -0.3 is 9.84 Å². The van der Waals surface area contributed by atoms with Gasteiger partial charge in [0.1, 0.15) is 28.8 Å². The van der Waals surface area contributed by atoms with Gasteiger partial charge in [0.2, 0.25) is 0 Å². The molecule has 3 rings (SSSR count). The highest BCUT2D eigenvalue weighted by Gasteiger charge is 2.34. The number of halogens is 3. The summed E-state index contributed by atoms with van der Waals surface area (Å²) in [4.78, 5) is 0. The van der Waals surface area contributed by atoms with Gasteiger partial charge in [0.05, 0.1) is 6.10 Å². The Labute approximate surface area is 178 Å². The van der Waals surface area contributed by atoms with Crippen molar-refractivity contribution in [2.75, 3.05) is 0 Å². The molecule has 0 amide bonds. The zero-order valence-corrected chi connectivity index (χ0v) is 17.1. The van der Waals surface area contributed by atoms with Crippen LogP contribution in [0.2, 0.25) is 10.0 Å². The van der Waals surface area contributed by atoms with Gasteiger partial charge in [0.25, 0.3) is 0 Å². The van der Waals surface area contributed by atoms with Crippen LogP contribution in [0.1, 0.15) is 30.0 Å². The van der Waals surface area contributed by atoms with Gasteiger partial charge in [-0.2, -0.15) is 5.26 Å². The minimum absolute atomic E-state index is 0.134. The molecule has 1 atom stereocenters. The fourth-order valence-electron chi connectivity index (χ4n) is 3.24. The Balaban J connectivity index is 1.95. The van der Waals surface area contributed by atoms with E-state index >= 15 is 0 Å². The maximum atomic E-state index is 13.9. The van der Waals surface area contributed by atoms with E-state index in [1.807, 2.05) is 6.07 Å². The second-order valence-corrected chi connectivity index (χ2v) is 7.60. The number of benzene rings is 3. The molecule has 0 saturated heterocycles. The molecule has 0 aliphatic rings. The summed E-state index contributed by atoms with van der Waals surface area (Å²) in [7, 11) is 0. The van der Waals surface area contributed by atoms with Gasteiger partial charge in [0, 0.05) is 16.5 Å². The molecule has 0 saturated carbocycles. The number of ether oxygens (including phenoxy) is 1.